The first-order valence-electron chi connectivity index (χ1n) is 13.3. The highest BCUT2D eigenvalue weighted by Gasteiger charge is 2.37. The molecule has 5 aromatic rings. The Labute approximate surface area is 277 Å². The molecule has 0 radical (unpaired) electrons. The van der Waals surface area contributed by atoms with Gasteiger partial charge in [0.15, 0.2) is 11.5 Å². The SMILES string of the molecule is C.Cc1cc(Cl)cc(C(=O)NNC(=O)N(c2ccccc2)c2ccccc2)c1NC(=O)c1cc(C(F)(F)F)nn1-c1ncccc1Cl. The summed E-state index contributed by atoms with van der Waals surface area (Å²) in [7, 11) is 0. The number of anilines is 3. The third-order valence-corrected chi connectivity index (χ3v) is 6.98. The third-order valence-electron chi connectivity index (χ3n) is 6.47. The van der Waals surface area contributed by atoms with Crippen LogP contribution in [0.1, 0.15) is 39.5 Å². The van der Waals surface area contributed by atoms with Crippen molar-refractivity contribution < 1.29 is 27.6 Å². The van der Waals surface area contributed by atoms with Crippen LogP contribution in [0.5, 0.6) is 0 Å². The largest absolute Gasteiger partial charge is 0.435 e. The van der Waals surface area contributed by atoms with Crippen LogP contribution < -0.4 is 21.1 Å². The molecule has 47 heavy (non-hydrogen) atoms. The minimum Gasteiger partial charge on any atom is -0.320 e. The topological polar surface area (TPSA) is 121 Å². The van der Waals surface area contributed by atoms with Crippen LogP contribution in [0.15, 0.2) is 97.2 Å². The van der Waals surface area contributed by atoms with E-state index in [1.807, 2.05) is 0 Å². The number of pyridine rings is 1. The summed E-state index contributed by atoms with van der Waals surface area (Å²) in [5.74, 6) is -2.17. The van der Waals surface area contributed by atoms with E-state index in [2.05, 4.69) is 26.3 Å². The number of aromatic nitrogens is 3. The van der Waals surface area contributed by atoms with E-state index >= 15 is 0 Å². The highest BCUT2D eigenvalue weighted by molar-refractivity contribution is 6.32. The second-order valence-electron chi connectivity index (χ2n) is 9.62. The number of carbonyl (C=O) groups is 3. The molecular weight excluding hydrogens is 658 g/mol. The lowest BCUT2D eigenvalue weighted by atomic mass is 10.1. The number of rotatable bonds is 6. The Morgan fingerprint density at radius 3 is 2.02 bits per heavy atom. The van der Waals surface area contributed by atoms with Crippen LogP contribution in [0.4, 0.5) is 35.0 Å². The number of nitrogens with one attached hydrogen (secondary N) is 3. The van der Waals surface area contributed by atoms with Crippen molar-refractivity contribution in [3.05, 3.63) is 130 Å². The van der Waals surface area contributed by atoms with Gasteiger partial charge in [-0.1, -0.05) is 67.0 Å². The molecule has 0 unspecified atom stereocenters. The lowest BCUT2D eigenvalue weighted by Gasteiger charge is -2.23. The van der Waals surface area contributed by atoms with Crippen molar-refractivity contribution in [3.8, 4) is 5.82 Å². The van der Waals surface area contributed by atoms with Crippen molar-refractivity contribution in [2.24, 2.45) is 0 Å². The molecule has 5 rings (SSSR count). The minimum atomic E-state index is -4.89. The Balaban J connectivity index is 0.00000500. The van der Waals surface area contributed by atoms with Crippen molar-refractivity contribution in [3.63, 3.8) is 0 Å². The van der Waals surface area contributed by atoms with Gasteiger partial charge in [-0.15, -0.1) is 0 Å². The number of carbonyl (C=O) groups excluding carboxylic acids is 3. The van der Waals surface area contributed by atoms with Crippen LogP contribution in [0.3, 0.4) is 0 Å². The second kappa shape index (κ2) is 14.4. The molecule has 2 heterocycles. The molecule has 2 aromatic heterocycles. The first-order valence-corrected chi connectivity index (χ1v) is 14.1. The zero-order chi connectivity index (χ0) is 33.0. The lowest BCUT2D eigenvalue weighted by Crippen LogP contribution is -2.47. The minimum absolute atomic E-state index is 0. The number of urea groups is 1. The molecule has 0 spiro atoms. The van der Waals surface area contributed by atoms with Crippen LogP contribution in [0, 0.1) is 6.92 Å². The summed E-state index contributed by atoms with van der Waals surface area (Å²) in [5.41, 5.74) is 3.77. The average Bonchev–Trinajstić information content (AvgIpc) is 3.49. The number of hydrazine groups is 1. The van der Waals surface area contributed by atoms with Crippen molar-refractivity contribution >= 4 is 58.1 Å². The molecule has 0 aliphatic heterocycles. The van der Waals surface area contributed by atoms with Gasteiger partial charge in [0.25, 0.3) is 11.8 Å². The highest BCUT2D eigenvalue weighted by atomic mass is 35.5. The van der Waals surface area contributed by atoms with Gasteiger partial charge >= 0.3 is 12.2 Å². The van der Waals surface area contributed by atoms with Crippen molar-refractivity contribution in [2.45, 2.75) is 20.5 Å². The molecule has 0 fully saturated rings. The van der Waals surface area contributed by atoms with Crippen molar-refractivity contribution in [2.75, 3.05) is 10.2 Å². The fourth-order valence-electron chi connectivity index (χ4n) is 4.41. The summed E-state index contributed by atoms with van der Waals surface area (Å²) in [6, 6.07) is 22.7. The van der Waals surface area contributed by atoms with Gasteiger partial charge in [0, 0.05) is 17.3 Å². The number of hydrogen-bond acceptors (Lipinski definition) is 5. The molecular formula is C32H26Cl2F3N7O3. The number of benzene rings is 3. The first-order chi connectivity index (χ1) is 21.9. The molecule has 4 amide bonds. The first kappa shape index (κ1) is 34.5. The Morgan fingerprint density at radius 1 is 0.830 bits per heavy atom. The maximum atomic E-state index is 13.6. The highest BCUT2D eigenvalue weighted by Crippen LogP contribution is 2.32. The Bertz CT molecular complexity index is 1880. The van der Waals surface area contributed by atoms with Crippen LogP contribution in [0.2, 0.25) is 10.0 Å². The van der Waals surface area contributed by atoms with Crippen LogP contribution >= 0.6 is 23.2 Å². The van der Waals surface area contributed by atoms with E-state index in [0.717, 1.165) is 0 Å². The molecule has 0 atom stereocenters. The molecule has 0 saturated heterocycles. The summed E-state index contributed by atoms with van der Waals surface area (Å²) in [6.45, 7) is 1.53. The number of hydrogen-bond donors (Lipinski definition) is 3. The molecule has 242 valence electrons. The predicted molar refractivity (Wildman–Crippen MR) is 173 cm³/mol. The van der Waals surface area contributed by atoms with E-state index < -0.39 is 35.4 Å². The smallest absolute Gasteiger partial charge is 0.320 e. The average molecular weight is 685 g/mol. The number of amides is 4. The number of halogens is 5. The van der Waals surface area contributed by atoms with E-state index in [0.29, 0.717) is 27.7 Å². The summed E-state index contributed by atoms with van der Waals surface area (Å²) in [4.78, 5) is 45.5. The van der Waals surface area contributed by atoms with E-state index in [4.69, 9.17) is 23.2 Å². The monoisotopic (exact) mass is 683 g/mol. The van der Waals surface area contributed by atoms with Gasteiger partial charge in [0.2, 0.25) is 0 Å². The summed E-state index contributed by atoms with van der Waals surface area (Å²) >= 11 is 12.4. The molecule has 0 bridgehead atoms. The van der Waals surface area contributed by atoms with Crippen LogP contribution in [-0.4, -0.2) is 32.6 Å². The molecule has 0 aliphatic carbocycles. The third kappa shape index (κ3) is 7.71. The summed E-state index contributed by atoms with van der Waals surface area (Å²) in [5, 5.41) is 6.05. The van der Waals surface area contributed by atoms with Gasteiger partial charge < -0.3 is 5.32 Å². The van der Waals surface area contributed by atoms with Gasteiger partial charge in [-0.25, -0.2) is 19.9 Å². The zero-order valence-electron chi connectivity index (χ0n) is 23.6. The fourth-order valence-corrected chi connectivity index (χ4v) is 4.89. The van der Waals surface area contributed by atoms with E-state index in [1.54, 1.807) is 60.7 Å². The Kier molecular flexibility index (Phi) is 10.5. The maximum Gasteiger partial charge on any atom is 0.435 e. The summed E-state index contributed by atoms with van der Waals surface area (Å²) in [6.07, 6.45) is -3.62. The summed E-state index contributed by atoms with van der Waals surface area (Å²) < 4.78 is 41.5. The molecule has 3 N–H and O–H groups in total. The van der Waals surface area contributed by atoms with E-state index in [-0.39, 0.29) is 34.5 Å². The normalized spacial score (nSPS) is 10.9. The predicted octanol–water partition coefficient (Wildman–Crippen LogP) is 7.98. The van der Waals surface area contributed by atoms with E-state index in [1.165, 1.54) is 42.3 Å². The Hall–Kier alpha value is -5.40. The number of alkyl halides is 3. The molecule has 0 aliphatic rings. The molecule has 3 aromatic carbocycles. The quantitative estimate of drug-likeness (QED) is 0.157. The van der Waals surface area contributed by atoms with Gasteiger partial charge in [-0.3, -0.25) is 19.9 Å². The Morgan fingerprint density at radius 2 is 1.45 bits per heavy atom. The van der Waals surface area contributed by atoms with Crippen molar-refractivity contribution in [1.82, 2.24) is 25.6 Å². The molecule has 10 nitrogen and oxygen atoms in total. The molecule has 15 heteroatoms. The van der Waals surface area contributed by atoms with Gasteiger partial charge in [-0.2, -0.15) is 18.3 Å². The van der Waals surface area contributed by atoms with Crippen LogP contribution in [-0.2, 0) is 6.18 Å². The van der Waals surface area contributed by atoms with Crippen molar-refractivity contribution in [1.29, 1.82) is 0 Å². The second-order valence-corrected chi connectivity index (χ2v) is 10.5. The zero-order valence-corrected chi connectivity index (χ0v) is 25.2. The van der Waals surface area contributed by atoms with E-state index in [9.17, 15) is 27.6 Å². The number of aryl methyl sites for hydroxylation is 1. The maximum absolute atomic E-state index is 13.6. The fraction of sp³-hybridized carbons (Fsp3) is 0.0938. The van der Waals surface area contributed by atoms with Gasteiger partial charge in [-0.05, 0) is 61.0 Å². The van der Waals surface area contributed by atoms with Crippen LogP contribution in [0.25, 0.3) is 5.82 Å². The van der Waals surface area contributed by atoms with Gasteiger partial charge in [0.1, 0.15) is 5.69 Å². The molecule has 0 saturated carbocycles. The number of para-hydroxylation sites is 2. The standard InChI is InChI=1S/C31H22Cl2F3N7O3.CH4/c1-18-15-19(32)16-22(28(44)39-40-30(46)42(20-9-4-2-5-10-20)21-11-6-3-7-12-21)26(18)38-29(45)24-17-25(31(34,35)36)41-43(24)27-23(33)13-8-14-37-27;/h2-17H,1H3,(H,38,45)(H,39,44)(H,40,46);1H4. The number of nitrogens with zero attached hydrogens (tertiary/aromatic N) is 4. The van der Waals surface area contributed by atoms with Gasteiger partial charge in [0.05, 0.1) is 27.6 Å². The lowest BCUT2D eigenvalue weighted by molar-refractivity contribution is -0.141.